The Bertz CT molecular complexity index is 374. The van der Waals surface area contributed by atoms with Crippen LogP contribution in [0.25, 0.3) is 0 Å². The van der Waals surface area contributed by atoms with Crippen LogP contribution in [-0.2, 0) is 11.3 Å². The predicted octanol–water partition coefficient (Wildman–Crippen LogP) is 2.63. The highest BCUT2D eigenvalue weighted by molar-refractivity contribution is 6.31. The average molecular weight is 272 g/mol. The molecule has 0 aliphatic carbocycles. The second-order valence-electron chi connectivity index (χ2n) is 4.77. The Morgan fingerprint density at radius 2 is 2.44 bits per heavy atom. The average Bonchev–Trinajstić information content (AvgIpc) is 2.98. The summed E-state index contributed by atoms with van der Waals surface area (Å²) in [4.78, 5) is 0. The molecule has 0 saturated carbocycles. The summed E-state index contributed by atoms with van der Waals surface area (Å²) in [5.41, 5.74) is 1.12. The Labute approximate surface area is 114 Å². The number of rotatable bonds is 6. The topological polar surface area (TPSA) is 39.1 Å². The van der Waals surface area contributed by atoms with Gasteiger partial charge in [0.15, 0.2) is 0 Å². The van der Waals surface area contributed by atoms with Gasteiger partial charge in [0.25, 0.3) is 0 Å². The van der Waals surface area contributed by atoms with Crippen LogP contribution in [0.1, 0.15) is 38.4 Å². The van der Waals surface area contributed by atoms with E-state index in [9.17, 15) is 0 Å². The molecule has 1 aromatic rings. The molecular formula is C13H22ClN3O. The highest BCUT2D eigenvalue weighted by Gasteiger charge is 2.25. The van der Waals surface area contributed by atoms with Crippen LogP contribution < -0.4 is 5.32 Å². The lowest BCUT2D eigenvalue weighted by Crippen LogP contribution is -2.26. The first-order valence-electron chi connectivity index (χ1n) is 6.78. The van der Waals surface area contributed by atoms with Crippen LogP contribution in [0.5, 0.6) is 0 Å². The van der Waals surface area contributed by atoms with Gasteiger partial charge in [0, 0.05) is 19.8 Å². The molecule has 2 unspecified atom stereocenters. The Morgan fingerprint density at radius 1 is 1.61 bits per heavy atom. The number of nitrogens with one attached hydrogen (secondary N) is 1. The van der Waals surface area contributed by atoms with Crippen LogP contribution in [0.2, 0.25) is 5.02 Å². The lowest BCUT2D eigenvalue weighted by atomic mass is 9.97. The first-order chi connectivity index (χ1) is 8.76. The quantitative estimate of drug-likeness (QED) is 0.865. The van der Waals surface area contributed by atoms with E-state index in [1.165, 1.54) is 0 Å². The minimum absolute atomic E-state index is 0.275. The van der Waals surface area contributed by atoms with Crippen LogP contribution in [0.3, 0.4) is 0 Å². The summed E-state index contributed by atoms with van der Waals surface area (Å²) in [6.45, 7) is 7.77. The van der Waals surface area contributed by atoms with Gasteiger partial charge in [-0.1, -0.05) is 18.5 Å². The summed E-state index contributed by atoms with van der Waals surface area (Å²) in [5.74, 6) is 0.630. The van der Waals surface area contributed by atoms with Gasteiger partial charge in [-0.25, -0.2) is 0 Å². The molecule has 0 radical (unpaired) electrons. The van der Waals surface area contributed by atoms with Crippen LogP contribution in [0, 0.1) is 5.92 Å². The first kappa shape index (κ1) is 13.8. The van der Waals surface area contributed by atoms with Gasteiger partial charge in [0.2, 0.25) is 0 Å². The normalized spacial score (nSPS) is 21.4. The van der Waals surface area contributed by atoms with Crippen LogP contribution in [0.4, 0.5) is 0 Å². The molecule has 1 saturated heterocycles. The SMILES string of the molecule is CCNC(CC1CCOC1)c1c(Cl)cnn1CC. The number of hydrogen-bond acceptors (Lipinski definition) is 3. The fourth-order valence-corrected chi connectivity index (χ4v) is 2.88. The molecule has 18 heavy (non-hydrogen) atoms. The van der Waals surface area contributed by atoms with Crippen molar-refractivity contribution in [2.75, 3.05) is 19.8 Å². The minimum atomic E-state index is 0.275. The van der Waals surface area contributed by atoms with Crippen LogP contribution in [0.15, 0.2) is 6.20 Å². The third-order valence-corrected chi connectivity index (χ3v) is 3.80. The molecular weight excluding hydrogens is 250 g/mol. The van der Waals surface area contributed by atoms with Gasteiger partial charge < -0.3 is 10.1 Å². The third kappa shape index (κ3) is 3.05. The lowest BCUT2D eigenvalue weighted by Gasteiger charge is -2.22. The Hall–Kier alpha value is -0.580. The van der Waals surface area contributed by atoms with E-state index in [-0.39, 0.29) is 6.04 Å². The molecule has 1 aliphatic rings. The molecule has 2 atom stereocenters. The van der Waals surface area contributed by atoms with E-state index >= 15 is 0 Å². The van der Waals surface area contributed by atoms with Gasteiger partial charge in [-0.05, 0) is 32.2 Å². The molecule has 1 fully saturated rings. The van der Waals surface area contributed by atoms with Gasteiger partial charge in [-0.3, -0.25) is 4.68 Å². The molecule has 2 heterocycles. The van der Waals surface area contributed by atoms with Crippen molar-refractivity contribution in [1.29, 1.82) is 0 Å². The van der Waals surface area contributed by atoms with Crippen molar-refractivity contribution in [2.24, 2.45) is 5.92 Å². The highest BCUT2D eigenvalue weighted by atomic mass is 35.5. The second-order valence-corrected chi connectivity index (χ2v) is 5.18. The Balaban J connectivity index is 2.14. The smallest absolute Gasteiger partial charge is 0.0834 e. The van der Waals surface area contributed by atoms with Crippen molar-refractivity contribution in [3.8, 4) is 0 Å². The van der Waals surface area contributed by atoms with E-state index in [1.807, 2.05) is 4.68 Å². The zero-order valence-corrected chi connectivity index (χ0v) is 11.9. The number of aryl methyl sites for hydroxylation is 1. The maximum absolute atomic E-state index is 6.29. The largest absolute Gasteiger partial charge is 0.381 e. The summed E-state index contributed by atoms with van der Waals surface area (Å²) in [7, 11) is 0. The van der Waals surface area contributed by atoms with E-state index < -0.39 is 0 Å². The standard InChI is InChI=1S/C13H22ClN3O/c1-3-15-12(7-10-5-6-18-9-10)13-11(14)8-16-17(13)4-2/h8,10,12,15H,3-7,9H2,1-2H3. The molecule has 102 valence electrons. The first-order valence-corrected chi connectivity index (χ1v) is 7.16. The maximum atomic E-state index is 6.29. The van der Waals surface area contributed by atoms with E-state index in [0.29, 0.717) is 5.92 Å². The lowest BCUT2D eigenvalue weighted by molar-refractivity contribution is 0.181. The number of aromatic nitrogens is 2. The van der Waals surface area contributed by atoms with Gasteiger partial charge in [0.05, 0.1) is 23.0 Å². The van der Waals surface area contributed by atoms with E-state index in [4.69, 9.17) is 16.3 Å². The molecule has 2 rings (SSSR count). The van der Waals surface area contributed by atoms with Crippen LogP contribution >= 0.6 is 11.6 Å². The molecule has 0 spiro atoms. The van der Waals surface area contributed by atoms with Crippen LogP contribution in [-0.4, -0.2) is 29.5 Å². The molecule has 1 aliphatic heterocycles. The Morgan fingerprint density at radius 3 is 3.06 bits per heavy atom. The molecule has 4 nitrogen and oxygen atoms in total. The van der Waals surface area contributed by atoms with E-state index in [1.54, 1.807) is 6.20 Å². The second kappa shape index (κ2) is 6.55. The van der Waals surface area contributed by atoms with Gasteiger partial charge in [0.1, 0.15) is 0 Å². The summed E-state index contributed by atoms with van der Waals surface area (Å²) in [6.07, 6.45) is 3.97. The van der Waals surface area contributed by atoms with Crippen molar-refractivity contribution in [1.82, 2.24) is 15.1 Å². The zero-order valence-electron chi connectivity index (χ0n) is 11.2. The molecule has 5 heteroatoms. The summed E-state index contributed by atoms with van der Waals surface area (Å²) < 4.78 is 7.45. The number of nitrogens with zero attached hydrogens (tertiary/aromatic N) is 2. The van der Waals surface area contributed by atoms with E-state index in [2.05, 4.69) is 24.3 Å². The number of halogens is 1. The summed E-state index contributed by atoms with van der Waals surface area (Å²) in [6, 6.07) is 0.275. The van der Waals surface area contributed by atoms with Gasteiger partial charge >= 0.3 is 0 Å². The fraction of sp³-hybridized carbons (Fsp3) is 0.769. The molecule has 0 bridgehead atoms. The highest BCUT2D eigenvalue weighted by Crippen LogP contribution is 2.30. The summed E-state index contributed by atoms with van der Waals surface area (Å²) in [5, 5.41) is 8.62. The van der Waals surface area contributed by atoms with E-state index in [0.717, 1.165) is 49.9 Å². The molecule has 0 amide bonds. The fourth-order valence-electron chi connectivity index (χ4n) is 2.61. The number of ether oxygens (including phenoxy) is 1. The molecule has 1 N–H and O–H groups in total. The maximum Gasteiger partial charge on any atom is 0.0834 e. The molecule has 1 aromatic heterocycles. The minimum Gasteiger partial charge on any atom is -0.381 e. The van der Waals surface area contributed by atoms with Crippen molar-refractivity contribution in [3.63, 3.8) is 0 Å². The Kier molecular flexibility index (Phi) is 5.03. The van der Waals surface area contributed by atoms with Crippen molar-refractivity contribution in [2.45, 2.75) is 39.3 Å². The number of hydrogen-bond donors (Lipinski definition) is 1. The third-order valence-electron chi connectivity index (χ3n) is 3.51. The van der Waals surface area contributed by atoms with Gasteiger partial charge in [-0.2, -0.15) is 5.10 Å². The van der Waals surface area contributed by atoms with Crippen molar-refractivity contribution in [3.05, 3.63) is 16.9 Å². The zero-order chi connectivity index (χ0) is 13.0. The van der Waals surface area contributed by atoms with Crippen molar-refractivity contribution < 1.29 is 4.74 Å². The monoisotopic (exact) mass is 271 g/mol. The predicted molar refractivity (Wildman–Crippen MR) is 72.9 cm³/mol. The van der Waals surface area contributed by atoms with Gasteiger partial charge in [-0.15, -0.1) is 0 Å². The van der Waals surface area contributed by atoms with Crippen molar-refractivity contribution >= 4 is 11.6 Å². The molecule has 0 aromatic carbocycles. The summed E-state index contributed by atoms with van der Waals surface area (Å²) >= 11 is 6.29.